The summed E-state index contributed by atoms with van der Waals surface area (Å²) in [4.78, 5) is 0.603. The second-order valence-corrected chi connectivity index (χ2v) is 2.43. The molecule has 0 fully saturated rings. The maximum atomic E-state index is 11.1. The molecule has 11 heavy (non-hydrogen) atoms. The fourth-order valence-electron chi connectivity index (χ4n) is 1.06. The molecule has 1 heterocycles. The highest BCUT2D eigenvalue weighted by atomic mass is 16.5. The standard InChI is InChI=1S/C6H12N4O/c1-2-9-5(7)3-4-6(8)10(9)11/h7H,2-4,8H2,1H3. The zero-order chi connectivity index (χ0) is 8.43. The van der Waals surface area contributed by atoms with Gasteiger partial charge >= 0.3 is 0 Å². The lowest BCUT2D eigenvalue weighted by atomic mass is 10.2. The Labute approximate surface area is 65.2 Å². The monoisotopic (exact) mass is 156 g/mol. The summed E-state index contributed by atoms with van der Waals surface area (Å²) in [6.07, 6.45) is 1.07. The summed E-state index contributed by atoms with van der Waals surface area (Å²) >= 11 is 0. The molecule has 0 aromatic carbocycles. The molecule has 5 nitrogen and oxygen atoms in total. The van der Waals surface area contributed by atoms with Gasteiger partial charge < -0.3 is 5.21 Å². The molecule has 0 amide bonds. The molecule has 62 valence electrons. The minimum absolute atomic E-state index is 0.294. The summed E-state index contributed by atoms with van der Waals surface area (Å²) in [6.45, 7) is 2.32. The molecule has 1 rings (SSSR count). The molecular formula is C6H12N4O. The molecule has 0 saturated heterocycles. The predicted octanol–water partition coefficient (Wildman–Crippen LogP) is -0.138. The van der Waals surface area contributed by atoms with Gasteiger partial charge in [-0.2, -0.15) is 9.86 Å². The van der Waals surface area contributed by atoms with E-state index in [9.17, 15) is 5.21 Å². The maximum Gasteiger partial charge on any atom is 0.270 e. The topological polar surface area (TPSA) is 79.2 Å². The van der Waals surface area contributed by atoms with Gasteiger partial charge in [-0.1, -0.05) is 0 Å². The Kier molecular flexibility index (Phi) is 1.98. The van der Waals surface area contributed by atoms with E-state index in [1.165, 1.54) is 5.01 Å². The molecule has 0 aromatic rings. The molecule has 0 unspecified atom stereocenters. The highest BCUT2D eigenvalue weighted by molar-refractivity contribution is 5.87. The Balaban J connectivity index is 2.87. The molecule has 0 bridgehead atoms. The van der Waals surface area contributed by atoms with Gasteiger partial charge in [-0.3, -0.25) is 11.1 Å². The van der Waals surface area contributed by atoms with Crippen molar-refractivity contribution >= 4 is 11.7 Å². The summed E-state index contributed by atoms with van der Waals surface area (Å²) in [7, 11) is 0. The first kappa shape index (κ1) is 7.84. The van der Waals surface area contributed by atoms with Gasteiger partial charge in [0.2, 0.25) is 0 Å². The SMILES string of the molecule is CCN1C(=N)CCC(N)=[N+]1[O-]. The van der Waals surface area contributed by atoms with Gasteiger partial charge in [-0.25, -0.2) is 0 Å². The zero-order valence-corrected chi connectivity index (χ0v) is 6.50. The molecule has 0 atom stereocenters. The van der Waals surface area contributed by atoms with Crippen LogP contribution in [-0.4, -0.2) is 28.1 Å². The van der Waals surface area contributed by atoms with Gasteiger partial charge in [-0.05, 0) is 6.92 Å². The Morgan fingerprint density at radius 2 is 2.36 bits per heavy atom. The number of rotatable bonds is 1. The third kappa shape index (κ3) is 1.26. The molecule has 5 heteroatoms. The maximum absolute atomic E-state index is 11.1. The van der Waals surface area contributed by atoms with Crippen LogP contribution in [0.2, 0.25) is 0 Å². The lowest BCUT2D eigenvalue weighted by Gasteiger charge is -2.29. The molecule has 1 aliphatic rings. The van der Waals surface area contributed by atoms with E-state index in [1.54, 1.807) is 0 Å². The van der Waals surface area contributed by atoms with E-state index in [1.807, 2.05) is 6.92 Å². The number of nitrogens with zero attached hydrogens (tertiary/aromatic N) is 2. The summed E-state index contributed by atoms with van der Waals surface area (Å²) in [6, 6.07) is 0. The van der Waals surface area contributed by atoms with E-state index < -0.39 is 0 Å². The van der Waals surface area contributed by atoms with Crippen LogP contribution in [0.3, 0.4) is 0 Å². The highest BCUT2D eigenvalue weighted by Crippen LogP contribution is 2.05. The van der Waals surface area contributed by atoms with Crippen LogP contribution in [0.25, 0.3) is 0 Å². The van der Waals surface area contributed by atoms with Crippen molar-refractivity contribution in [3.63, 3.8) is 0 Å². The van der Waals surface area contributed by atoms with Crippen LogP contribution in [0, 0.1) is 10.6 Å². The normalized spacial score (nSPS) is 19.4. The van der Waals surface area contributed by atoms with Crippen molar-refractivity contribution in [3.8, 4) is 0 Å². The minimum atomic E-state index is 0.294. The van der Waals surface area contributed by atoms with Crippen LogP contribution in [0.15, 0.2) is 0 Å². The average molecular weight is 156 g/mol. The van der Waals surface area contributed by atoms with Crippen molar-refractivity contribution < 1.29 is 4.85 Å². The number of amidine groups is 2. The smallest absolute Gasteiger partial charge is 0.270 e. The molecule has 0 radical (unpaired) electrons. The molecule has 0 aromatic heterocycles. The van der Waals surface area contributed by atoms with E-state index in [0.29, 0.717) is 35.9 Å². The van der Waals surface area contributed by atoms with E-state index in [4.69, 9.17) is 11.1 Å². The van der Waals surface area contributed by atoms with Crippen molar-refractivity contribution in [1.29, 1.82) is 5.41 Å². The molecule has 0 aliphatic carbocycles. The molecular weight excluding hydrogens is 144 g/mol. The second kappa shape index (κ2) is 2.77. The van der Waals surface area contributed by atoms with Crippen LogP contribution in [-0.2, 0) is 0 Å². The largest absolute Gasteiger partial charge is 0.692 e. The Hall–Kier alpha value is -1.26. The molecule has 0 spiro atoms. The Morgan fingerprint density at radius 3 is 2.82 bits per heavy atom. The van der Waals surface area contributed by atoms with Gasteiger partial charge in [0, 0.05) is 6.42 Å². The number of nitrogens with one attached hydrogen (secondary N) is 1. The average Bonchev–Trinajstić information content (AvgIpc) is 1.99. The quantitative estimate of drug-likeness (QED) is 0.409. The van der Waals surface area contributed by atoms with Gasteiger partial charge in [-0.15, -0.1) is 0 Å². The van der Waals surface area contributed by atoms with Crippen molar-refractivity contribution in [2.45, 2.75) is 19.8 Å². The third-order valence-corrected chi connectivity index (χ3v) is 1.69. The fraction of sp³-hybridized carbons (Fsp3) is 0.667. The summed E-state index contributed by atoms with van der Waals surface area (Å²) in [5.74, 6) is 0.638. The highest BCUT2D eigenvalue weighted by Gasteiger charge is 2.20. The van der Waals surface area contributed by atoms with Crippen LogP contribution >= 0.6 is 0 Å². The second-order valence-electron chi connectivity index (χ2n) is 2.43. The van der Waals surface area contributed by atoms with Crippen LogP contribution < -0.4 is 5.73 Å². The lowest BCUT2D eigenvalue weighted by Crippen LogP contribution is -2.46. The number of hydrogen-bond donors (Lipinski definition) is 2. The van der Waals surface area contributed by atoms with Crippen molar-refractivity contribution in [1.82, 2.24) is 5.01 Å². The van der Waals surface area contributed by atoms with Gasteiger partial charge in [0.1, 0.15) is 5.84 Å². The van der Waals surface area contributed by atoms with E-state index in [0.717, 1.165) is 0 Å². The van der Waals surface area contributed by atoms with Gasteiger partial charge in [0.15, 0.2) is 0 Å². The first-order valence-corrected chi connectivity index (χ1v) is 3.60. The summed E-state index contributed by atoms with van der Waals surface area (Å²) in [5, 5.41) is 19.8. The summed E-state index contributed by atoms with van der Waals surface area (Å²) < 4.78 is 0. The first-order chi connectivity index (χ1) is 5.16. The van der Waals surface area contributed by atoms with Crippen LogP contribution in [0.5, 0.6) is 0 Å². The van der Waals surface area contributed by atoms with Gasteiger partial charge in [0.05, 0.1) is 13.0 Å². The molecule has 0 saturated carbocycles. The fourth-order valence-corrected chi connectivity index (χ4v) is 1.06. The number of hydrogen-bond acceptors (Lipinski definition) is 3. The predicted molar refractivity (Wildman–Crippen MR) is 42.2 cm³/mol. The Morgan fingerprint density at radius 1 is 1.73 bits per heavy atom. The number of nitrogens with two attached hydrogens (primary N) is 1. The molecule has 3 N–H and O–H groups in total. The van der Waals surface area contributed by atoms with E-state index in [-0.39, 0.29) is 0 Å². The lowest BCUT2D eigenvalue weighted by molar-refractivity contribution is -0.614. The van der Waals surface area contributed by atoms with Crippen LogP contribution in [0.4, 0.5) is 0 Å². The zero-order valence-electron chi connectivity index (χ0n) is 6.50. The van der Waals surface area contributed by atoms with Crippen molar-refractivity contribution in [3.05, 3.63) is 5.21 Å². The summed E-state index contributed by atoms with van der Waals surface area (Å²) in [5.41, 5.74) is 5.40. The number of hydrazone groups is 1. The Bertz CT molecular complexity index is 211. The van der Waals surface area contributed by atoms with Crippen molar-refractivity contribution in [2.75, 3.05) is 6.54 Å². The first-order valence-electron chi connectivity index (χ1n) is 3.60. The molecule has 1 aliphatic heterocycles. The van der Waals surface area contributed by atoms with E-state index >= 15 is 0 Å². The minimum Gasteiger partial charge on any atom is -0.692 e. The van der Waals surface area contributed by atoms with Crippen LogP contribution in [0.1, 0.15) is 19.8 Å². The van der Waals surface area contributed by atoms with Crippen molar-refractivity contribution in [2.24, 2.45) is 5.73 Å². The van der Waals surface area contributed by atoms with Gasteiger partial charge in [0.25, 0.3) is 5.84 Å². The number of hydrazine groups is 1. The third-order valence-electron chi connectivity index (χ3n) is 1.69. The van der Waals surface area contributed by atoms with E-state index in [2.05, 4.69) is 0 Å².